The van der Waals surface area contributed by atoms with Gasteiger partial charge in [0.15, 0.2) is 0 Å². The molecular formula is C11H15BrN2O2S. The molecule has 0 amide bonds. The molecule has 0 saturated carbocycles. The summed E-state index contributed by atoms with van der Waals surface area (Å²) in [5.41, 5.74) is 6.50. The quantitative estimate of drug-likeness (QED) is 0.898. The Balaban J connectivity index is 2.38. The SMILES string of the molecule is Cc1cc(Br)ccc1S(=O)(=O)N1CC[C@@H](N)C1. The van der Waals surface area contributed by atoms with E-state index >= 15 is 0 Å². The number of nitrogens with two attached hydrogens (primary N) is 1. The van der Waals surface area contributed by atoms with Gasteiger partial charge in [0.2, 0.25) is 10.0 Å². The minimum Gasteiger partial charge on any atom is -0.326 e. The Labute approximate surface area is 110 Å². The fourth-order valence-corrected chi connectivity index (χ4v) is 4.21. The molecule has 1 atom stereocenters. The molecule has 1 fully saturated rings. The van der Waals surface area contributed by atoms with Crippen molar-refractivity contribution in [3.05, 3.63) is 28.2 Å². The molecule has 0 unspecified atom stereocenters. The average Bonchev–Trinajstić information content (AvgIpc) is 2.64. The number of aryl methyl sites for hydroxylation is 1. The number of benzene rings is 1. The van der Waals surface area contributed by atoms with Gasteiger partial charge in [0.1, 0.15) is 0 Å². The Hall–Kier alpha value is -0.430. The molecule has 1 aliphatic heterocycles. The van der Waals surface area contributed by atoms with E-state index in [-0.39, 0.29) is 6.04 Å². The zero-order valence-electron chi connectivity index (χ0n) is 9.56. The molecule has 1 aromatic rings. The summed E-state index contributed by atoms with van der Waals surface area (Å²) >= 11 is 3.33. The molecule has 0 bridgehead atoms. The number of sulfonamides is 1. The largest absolute Gasteiger partial charge is 0.326 e. The Kier molecular flexibility index (Phi) is 3.58. The van der Waals surface area contributed by atoms with E-state index in [1.54, 1.807) is 19.1 Å². The average molecular weight is 319 g/mol. The first-order valence-corrected chi connectivity index (χ1v) is 7.66. The first-order chi connectivity index (χ1) is 7.91. The fourth-order valence-electron chi connectivity index (χ4n) is 2.01. The van der Waals surface area contributed by atoms with E-state index < -0.39 is 10.0 Å². The van der Waals surface area contributed by atoms with Gasteiger partial charge in [-0.15, -0.1) is 0 Å². The van der Waals surface area contributed by atoms with Crippen molar-refractivity contribution >= 4 is 26.0 Å². The van der Waals surface area contributed by atoms with Crippen LogP contribution in [0.3, 0.4) is 0 Å². The second-order valence-electron chi connectivity index (χ2n) is 4.32. The Morgan fingerprint density at radius 3 is 2.71 bits per heavy atom. The summed E-state index contributed by atoms with van der Waals surface area (Å²) in [6, 6.07) is 5.15. The molecule has 17 heavy (non-hydrogen) atoms. The molecule has 1 aliphatic rings. The minimum atomic E-state index is -3.39. The third-order valence-corrected chi connectivity index (χ3v) is 5.46. The smallest absolute Gasteiger partial charge is 0.243 e. The number of nitrogens with zero attached hydrogens (tertiary/aromatic N) is 1. The van der Waals surface area contributed by atoms with Crippen molar-refractivity contribution in [3.63, 3.8) is 0 Å². The van der Waals surface area contributed by atoms with Crippen molar-refractivity contribution in [2.45, 2.75) is 24.3 Å². The van der Waals surface area contributed by atoms with Crippen LogP contribution in [0.25, 0.3) is 0 Å². The van der Waals surface area contributed by atoms with Crippen LogP contribution in [-0.2, 0) is 10.0 Å². The van der Waals surface area contributed by atoms with Gasteiger partial charge >= 0.3 is 0 Å². The van der Waals surface area contributed by atoms with E-state index in [0.29, 0.717) is 18.0 Å². The van der Waals surface area contributed by atoms with Crippen molar-refractivity contribution in [2.75, 3.05) is 13.1 Å². The first kappa shape index (κ1) is 13.0. The summed E-state index contributed by atoms with van der Waals surface area (Å²) < 4.78 is 27.1. The van der Waals surface area contributed by atoms with Crippen LogP contribution in [0.5, 0.6) is 0 Å². The number of rotatable bonds is 2. The molecule has 1 heterocycles. The van der Waals surface area contributed by atoms with Crippen LogP contribution in [0.2, 0.25) is 0 Å². The molecule has 2 rings (SSSR count). The van der Waals surface area contributed by atoms with E-state index in [1.807, 2.05) is 6.07 Å². The Morgan fingerprint density at radius 2 is 2.18 bits per heavy atom. The summed E-state index contributed by atoms with van der Waals surface area (Å²) in [7, 11) is -3.39. The van der Waals surface area contributed by atoms with E-state index in [2.05, 4.69) is 15.9 Å². The lowest BCUT2D eigenvalue weighted by Crippen LogP contribution is -2.32. The van der Waals surface area contributed by atoms with Crippen molar-refractivity contribution in [1.29, 1.82) is 0 Å². The van der Waals surface area contributed by atoms with Gasteiger partial charge in [0, 0.05) is 23.6 Å². The van der Waals surface area contributed by atoms with Crippen LogP contribution in [0.1, 0.15) is 12.0 Å². The highest BCUT2D eigenvalue weighted by Gasteiger charge is 2.31. The maximum Gasteiger partial charge on any atom is 0.243 e. The van der Waals surface area contributed by atoms with Gasteiger partial charge in [-0.1, -0.05) is 15.9 Å². The van der Waals surface area contributed by atoms with Crippen molar-refractivity contribution in [1.82, 2.24) is 4.31 Å². The van der Waals surface area contributed by atoms with Crippen LogP contribution in [-0.4, -0.2) is 31.9 Å². The molecule has 1 aromatic carbocycles. The van der Waals surface area contributed by atoms with Crippen molar-refractivity contribution in [3.8, 4) is 0 Å². The van der Waals surface area contributed by atoms with Crippen molar-refractivity contribution in [2.24, 2.45) is 5.73 Å². The molecule has 4 nitrogen and oxygen atoms in total. The van der Waals surface area contributed by atoms with Gasteiger partial charge < -0.3 is 5.73 Å². The monoisotopic (exact) mass is 318 g/mol. The van der Waals surface area contributed by atoms with Gasteiger partial charge in [-0.2, -0.15) is 4.31 Å². The molecule has 94 valence electrons. The van der Waals surface area contributed by atoms with Gasteiger partial charge in [0.25, 0.3) is 0 Å². The number of hydrogen-bond donors (Lipinski definition) is 1. The molecule has 0 aliphatic carbocycles. The highest BCUT2D eigenvalue weighted by molar-refractivity contribution is 9.10. The van der Waals surface area contributed by atoms with Crippen LogP contribution in [0.15, 0.2) is 27.6 Å². The summed E-state index contributed by atoms with van der Waals surface area (Å²) in [6.45, 7) is 2.73. The lowest BCUT2D eigenvalue weighted by atomic mass is 10.2. The van der Waals surface area contributed by atoms with Crippen LogP contribution < -0.4 is 5.73 Å². The third-order valence-electron chi connectivity index (χ3n) is 2.94. The topological polar surface area (TPSA) is 63.4 Å². The van der Waals surface area contributed by atoms with E-state index in [4.69, 9.17) is 5.73 Å². The summed E-state index contributed by atoms with van der Waals surface area (Å²) in [5.74, 6) is 0. The minimum absolute atomic E-state index is 0.0412. The number of halogens is 1. The maximum absolute atomic E-state index is 12.4. The van der Waals surface area contributed by atoms with E-state index in [1.165, 1.54) is 4.31 Å². The first-order valence-electron chi connectivity index (χ1n) is 5.43. The summed E-state index contributed by atoms with van der Waals surface area (Å²) in [4.78, 5) is 0.370. The van der Waals surface area contributed by atoms with Gasteiger partial charge in [-0.3, -0.25) is 0 Å². The molecule has 0 spiro atoms. The molecule has 0 aromatic heterocycles. The zero-order chi connectivity index (χ0) is 12.6. The standard InChI is InChI=1S/C11H15BrN2O2S/c1-8-6-9(12)2-3-11(8)17(15,16)14-5-4-10(13)7-14/h2-3,6,10H,4-5,7,13H2,1H3/t10-/m1/s1. The highest BCUT2D eigenvalue weighted by Crippen LogP contribution is 2.25. The Bertz CT molecular complexity index is 530. The summed E-state index contributed by atoms with van der Waals surface area (Å²) in [5, 5.41) is 0. The Morgan fingerprint density at radius 1 is 1.47 bits per heavy atom. The predicted octanol–water partition coefficient (Wildman–Crippen LogP) is 1.48. The van der Waals surface area contributed by atoms with Crippen LogP contribution >= 0.6 is 15.9 Å². The molecular weight excluding hydrogens is 304 g/mol. The second kappa shape index (κ2) is 4.68. The lowest BCUT2D eigenvalue weighted by Gasteiger charge is -2.17. The van der Waals surface area contributed by atoms with Crippen LogP contribution in [0.4, 0.5) is 0 Å². The van der Waals surface area contributed by atoms with E-state index in [0.717, 1.165) is 16.5 Å². The van der Waals surface area contributed by atoms with Gasteiger partial charge in [-0.25, -0.2) is 8.42 Å². The normalized spacial score (nSPS) is 21.9. The second-order valence-corrected chi connectivity index (χ2v) is 7.14. The van der Waals surface area contributed by atoms with Crippen LogP contribution in [0, 0.1) is 6.92 Å². The molecule has 2 N–H and O–H groups in total. The highest BCUT2D eigenvalue weighted by atomic mass is 79.9. The van der Waals surface area contributed by atoms with Gasteiger partial charge in [-0.05, 0) is 37.1 Å². The van der Waals surface area contributed by atoms with Gasteiger partial charge in [0.05, 0.1) is 4.90 Å². The molecule has 6 heteroatoms. The lowest BCUT2D eigenvalue weighted by molar-refractivity contribution is 0.472. The number of hydrogen-bond acceptors (Lipinski definition) is 3. The molecule has 0 radical (unpaired) electrons. The summed E-state index contributed by atoms with van der Waals surface area (Å²) in [6.07, 6.45) is 0.731. The zero-order valence-corrected chi connectivity index (χ0v) is 12.0. The van der Waals surface area contributed by atoms with Crippen molar-refractivity contribution < 1.29 is 8.42 Å². The maximum atomic E-state index is 12.4. The molecule has 1 saturated heterocycles. The third kappa shape index (κ3) is 2.54. The van der Waals surface area contributed by atoms with E-state index in [9.17, 15) is 8.42 Å². The fraction of sp³-hybridized carbons (Fsp3) is 0.455. The predicted molar refractivity (Wildman–Crippen MR) is 70.2 cm³/mol.